The molecule has 5 rings (SSSR count). The average Bonchev–Trinajstić information content (AvgIpc) is 3.19. The molecule has 0 atom stereocenters. The van der Waals surface area contributed by atoms with Crippen molar-refractivity contribution in [1.29, 1.82) is 0 Å². The van der Waals surface area contributed by atoms with Crippen LogP contribution in [0.15, 0.2) is 54.6 Å². The highest BCUT2D eigenvalue weighted by atomic mass is 32.2. The number of carbonyl (C=O) groups excluding carboxylic acids is 2. The molecule has 0 fully saturated rings. The average molecular weight is 654 g/mol. The van der Waals surface area contributed by atoms with Gasteiger partial charge in [-0.2, -0.15) is 43.2 Å². The molecule has 0 amide bonds. The van der Waals surface area contributed by atoms with Crippen LogP contribution < -0.4 is 13.1 Å². The highest BCUT2D eigenvalue weighted by molar-refractivity contribution is 7.88. The van der Waals surface area contributed by atoms with Gasteiger partial charge in [-0.3, -0.25) is 0 Å². The van der Waals surface area contributed by atoms with Gasteiger partial charge in [-0.05, 0) is 36.4 Å². The fourth-order valence-corrected chi connectivity index (χ4v) is 5.38. The van der Waals surface area contributed by atoms with Crippen molar-refractivity contribution in [2.75, 3.05) is 7.11 Å². The zero-order chi connectivity index (χ0) is 31.8. The minimum atomic E-state index is -6.18. The number of alkyl halides is 6. The monoisotopic (exact) mass is 654 g/mol. The molecule has 3 aromatic rings. The van der Waals surface area contributed by atoms with Crippen LogP contribution in [0.5, 0.6) is 23.0 Å². The summed E-state index contributed by atoms with van der Waals surface area (Å²) in [6.07, 6.45) is 0. The van der Waals surface area contributed by atoms with Crippen molar-refractivity contribution in [3.8, 4) is 23.0 Å². The van der Waals surface area contributed by atoms with Crippen molar-refractivity contribution in [2.45, 2.75) is 16.6 Å². The van der Waals surface area contributed by atoms with Crippen molar-refractivity contribution in [3.63, 3.8) is 0 Å². The molecular formula is C24H12F6O11S2. The molecular weight excluding hydrogens is 642 g/mol. The number of esters is 2. The molecule has 0 aromatic heterocycles. The van der Waals surface area contributed by atoms with Gasteiger partial charge < -0.3 is 22.6 Å². The molecule has 2 heterocycles. The third-order valence-electron chi connectivity index (χ3n) is 6.15. The SMILES string of the molecule is COC(=O)c1cccc2c1C1(OC2=O)c2ccc(OS(=O)(=O)C(F)(F)F)cc2Oc2cc(OS(=O)(=O)C(F)(F)F)ccc21. The molecule has 43 heavy (non-hydrogen) atoms. The van der Waals surface area contributed by atoms with Crippen molar-refractivity contribution in [2.24, 2.45) is 0 Å². The predicted molar refractivity (Wildman–Crippen MR) is 127 cm³/mol. The number of fused-ring (bicyclic) bond motifs is 6. The van der Waals surface area contributed by atoms with E-state index in [-0.39, 0.29) is 27.8 Å². The van der Waals surface area contributed by atoms with E-state index in [0.717, 1.165) is 31.4 Å². The topological polar surface area (TPSA) is 149 Å². The summed E-state index contributed by atoms with van der Waals surface area (Å²) in [5.74, 6) is -5.02. The standard InChI is InChI=1S/C24H12F6O11S2/c1-37-20(31)13-3-2-4-14-19(13)22(39-21(14)32)15-7-5-11(40-42(33,34)23(25,26)27)9-17(15)38-18-10-12(6-8-16(18)22)41-43(35,36)24(28,29)30/h2-10H,1H3. The first-order valence-electron chi connectivity index (χ1n) is 11.3. The molecule has 11 nitrogen and oxygen atoms in total. The lowest BCUT2D eigenvalue weighted by Crippen LogP contribution is -2.34. The zero-order valence-corrected chi connectivity index (χ0v) is 22.4. The Hall–Kier alpha value is -4.52. The summed E-state index contributed by atoms with van der Waals surface area (Å²) in [5.41, 5.74) is -14.9. The Labute approximate surface area is 236 Å². The van der Waals surface area contributed by atoms with E-state index in [0.29, 0.717) is 12.1 Å². The minimum Gasteiger partial charge on any atom is -0.465 e. The van der Waals surface area contributed by atoms with E-state index in [4.69, 9.17) is 14.2 Å². The summed E-state index contributed by atoms with van der Waals surface area (Å²) in [7, 11) is -11.3. The van der Waals surface area contributed by atoms with Gasteiger partial charge >= 0.3 is 43.2 Å². The highest BCUT2D eigenvalue weighted by Crippen LogP contribution is 2.58. The molecule has 19 heteroatoms. The van der Waals surface area contributed by atoms with Gasteiger partial charge in [0.15, 0.2) is 5.60 Å². The largest absolute Gasteiger partial charge is 0.534 e. The Balaban J connectivity index is 1.77. The van der Waals surface area contributed by atoms with E-state index >= 15 is 0 Å². The molecule has 2 aliphatic heterocycles. The van der Waals surface area contributed by atoms with Crippen LogP contribution in [0.25, 0.3) is 0 Å². The molecule has 0 bridgehead atoms. The Morgan fingerprint density at radius 3 is 1.72 bits per heavy atom. The number of benzene rings is 3. The molecule has 2 aliphatic rings. The Morgan fingerprint density at radius 2 is 1.28 bits per heavy atom. The number of ether oxygens (including phenoxy) is 3. The normalized spacial score (nSPS) is 15.5. The van der Waals surface area contributed by atoms with Gasteiger partial charge in [-0.1, -0.05) is 6.07 Å². The van der Waals surface area contributed by atoms with Crippen LogP contribution in [0.4, 0.5) is 26.3 Å². The smallest absolute Gasteiger partial charge is 0.465 e. The minimum absolute atomic E-state index is 0.175. The van der Waals surface area contributed by atoms with Crippen LogP contribution in [-0.4, -0.2) is 46.9 Å². The Bertz CT molecular complexity index is 1820. The first kappa shape index (κ1) is 30.0. The van der Waals surface area contributed by atoms with Crippen LogP contribution in [0.1, 0.15) is 37.4 Å². The third kappa shape index (κ3) is 4.67. The first-order valence-corrected chi connectivity index (χ1v) is 14.1. The van der Waals surface area contributed by atoms with Gasteiger partial charge in [0, 0.05) is 28.8 Å². The second-order valence-corrected chi connectivity index (χ2v) is 11.8. The Kier molecular flexibility index (Phi) is 6.61. The molecule has 0 unspecified atom stereocenters. The summed E-state index contributed by atoms with van der Waals surface area (Å²) >= 11 is 0. The molecule has 0 saturated heterocycles. The van der Waals surface area contributed by atoms with Crippen LogP contribution in [-0.2, 0) is 35.3 Å². The number of hydrogen-bond donors (Lipinski definition) is 0. The summed E-state index contributed by atoms with van der Waals surface area (Å²) in [4.78, 5) is 25.8. The van der Waals surface area contributed by atoms with Crippen molar-refractivity contribution in [3.05, 3.63) is 82.4 Å². The lowest BCUT2D eigenvalue weighted by molar-refractivity contribution is -0.0504. The molecule has 228 valence electrons. The summed E-state index contributed by atoms with van der Waals surface area (Å²) in [6, 6.07) is 8.54. The molecule has 0 aliphatic carbocycles. The fraction of sp³-hybridized carbons (Fsp3) is 0.167. The lowest BCUT2D eigenvalue weighted by atomic mass is 9.76. The lowest BCUT2D eigenvalue weighted by Gasteiger charge is -2.37. The second kappa shape index (κ2) is 9.49. The van der Waals surface area contributed by atoms with Gasteiger partial charge in [0.25, 0.3) is 0 Å². The van der Waals surface area contributed by atoms with Gasteiger partial charge in [-0.15, -0.1) is 0 Å². The van der Waals surface area contributed by atoms with E-state index in [9.17, 15) is 52.8 Å². The van der Waals surface area contributed by atoms with Gasteiger partial charge in [0.1, 0.15) is 23.0 Å². The van der Waals surface area contributed by atoms with E-state index in [1.165, 1.54) is 18.2 Å². The predicted octanol–water partition coefficient (Wildman–Crippen LogP) is 4.50. The van der Waals surface area contributed by atoms with Crippen molar-refractivity contribution < 1.29 is 75.3 Å². The maximum Gasteiger partial charge on any atom is 0.534 e. The molecule has 3 aromatic carbocycles. The highest BCUT2D eigenvalue weighted by Gasteiger charge is 2.56. The maximum atomic E-state index is 13.1. The van der Waals surface area contributed by atoms with E-state index in [2.05, 4.69) is 8.37 Å². The molecule has 0 saturated carbocycles. The van der Waals surface area contributed by atoms with Crippen LogP contribution >= 0.6 is 0 Å². The summed E-state index contributed by atoms with van der Waals surface area (Å²) < 4.78 is 148. The number of rotatable bonds is 5. The fourth-order valence-electron chi connectivity index (χ4n) is 4.48. The zero-order valence-electron chi connectivity index (χ0n) is 20.8. The third-order valence-corrected chi connectivity index (χ3v) is 8.11. The van der Waals surface area contributed by atoms with Gasteiger partial charge in [0.05, 0.1) is 18.2 Å². The van der Waals surface area contributed by atoms with E-state index in [1.807, 2.05) is 0 Å². The van der Waals surface area contributed by atoms with Crippen LogP contribution in [0.3, 0.4) is 0 Å². The van der Waals surface area contributed by atoms with E-state index in [1.54, 1.807) is 0 Å². The number of methoxy groups -OCH3 is 1. The number of carbonyl (C=O) groups is 2. The van der Waals surface area contributed by atoms with Crippen molar-refractivity contribution in [1.82, 2.24) is 0 Å². The van der Waals surface area contributed by atoms with E-state index < -0.39 is 71.8 Å². The number of halogens is 6. The van der Waals surface area contributed by atoms with Gasteiger partial charge in [-0.25, -0.2) is 9.59 Å². The second-order valence-electron chi connectivity index (χ2n) is 8.67. The maximum absolute atomic E-state index is 13.1. The molecule has 1 spiro atoms. The van der Waals surface area contributed by atoms with Crippen LogP contribution in [0.2, 0.25) is 0 Å². The first-order chi connectivity index (χ1) is 19.8. The van der Waals surface area contributed by atoms with Crippen LogP contribution in [0, 0.1) is 0 Å². The molecule has 0 radical (unpaired) electrons. The number of hydrogen-bond acceptors (Lipinski definition) is 11. The van der Waals surface area contributed by atoms with Gasteiger partial charge in [0.2, 0.25) is 0 Å². The summed E-state index contributed by atoms with van der Waals surface area (Å²) in [6.45, 7) is 0. The molecule has 0 N–H and O–H groups in total. The quantitative estimate of drug-likeness (QED) is 0.166. The summed E-state index contributed by atoms with van der Waals surface area (Å²) in [5, 5.41) is 0. The van der Waals surface area contributed by atoms with Crippen molar-refractivity contribution >= 4 is 32.2 Å². The Morgan fingerprint density at radius 1 is 0.791 bits per heavy atom.